The monoisotopic (exact) mass is 184 g/mol. The smallest absolute Gasteiger partial charge is 0.308 e. The molecule has 1 saturated carbocycles. The van der Waals surface area contributed by atoms with E-state index >= 15 is 0 Å². The van der Waals surface area contributed by atoms with Gasteiger partial charge in [-0.1, -0.05) is 27.7 Å². The first-order chi connectivity index (χ1) is 5.90. The minimum atomic E-state index is -0.0371. The molecular formula is C11H20O2. The first-order valence-electron chi connectivity index (χ1n) is 4.98. The Labute approximate surface area is 80.7 Å². The van der Waals surface area contributed by atoms with Gasteiger partial charge < -0.3 is 4.74 Å². The quantitative estimate of drug-likeness (QED) is 0.585. The Hall–Kier alpha value is -0.530. The van der Waals surface area contributed by atoms with Crippen LogP contribution < -0.4 is 0 Å². The van der Waals surface area contributed by atoms with Crippen LogP contribution in [0.3, 0.4) is 0 Å². The summed E-state index contributed by atoms with van der Waals surface area (Å²) in [6.45, 7) is 8.85. The zero-order valence-electron chi connectivity index (χ0n) is 9.26. The number of hydrogen-bond acceptors (Lipinski definition) is 2. The van der Waals surface area contributed by atoms with Crippen LogP contribution in [0.15, 0.2) is 0 Å². The van der Waals surface area contributed by atoms with Gasteiger partial charge in [-0.15, -0.1) is 0 Å². The van der Waals surface area contributed by atoms with Gasteiger partial charge in [-0.3, -0.25) is 4.79 Å². The van der Waals surface area contributed by atoms with Crippen molar-refractivity contribution in [1.82, 2.24) is 0 Å². The highest BCUT2D eigenvalue weighted by Crippen LogP contribution is 2.49. The molecule has 1 aliphatic carbocycles. The van der Waals surface area contributed by atoms with Crippen molar-refractivity contribution in [2.75, 3.05) is 7.11 Å². The van der Waals surface area contributed by atoms with Crippen LogP contribution in [0, 0.1) is 23.2 Å². The van der Waals surface area contributed by atoms with Crippen molar-refractivity contribution >= 4 is 5.97 Å². The molecule has 0 bridgehead atoms. The number of rotatable bonds is 1. The fourth-order valence-corrected chi connectivity index (χ4v) is 2.45. The Balaban J connectivity index is 2.78. The molecule has 0 aromatic carbocycles. The summed E-state index contributed by atoms with van der Waals surface area (Å²) in [5.74, 6) is 1.11. The molecule has 0 radical (unpaired) electrons. The van der Waals surface area contributed by atoms with Crippen LogP contribution in [-0.4, -0.2) is 13.1 Å². The molecule has 0 aliphatic heterocycles. The van der Waals surface area contributed by atoms with Gasteiger partial charge in [0.25, 0.3) is 0 Å². The maximum atomic E-state index is 11.4. The molecule has 13 heavy (non-hydrogen) atoms. The summed E-state index contributed by atoms with van der Waals surface area (Å²) in [4.78, 5) is 11.4. The lowest BCUT2D eigenvalue weighted by molar-refractivity contribution is -0.146. The highest BCUT2D eigenvalue weighted by atomic mass is 16.5. The summed E-state index contributed by atoms with van der Waals surface area (Å²) < 4.78 is 4.81. The summed E-state index contributed by atoms with van der Waals surface area (Å²) in [6, 6.07) is 0. The van der Waals surface area contributed by atoms with Gasteiger partial charge in [0, 0.05) is 0 Å². The second kappa shape index (κ2) is 3.32. The Kier molecular flexibility index (Phi) is 2.69. The van der Waals surface area contributed by atoms with Gasteiger partial charge >= 0.3 is 5.97 Å². The fraction of sp³-hybridized carbons (Fsp3) is 0.909. The average molecular weight is 184 g/mol. The number of esters is 1. The Morgan fingerprint density at radius 2 is 1.92 bits per heavy atom. The molecule has 0 aromatic heterocycles. The van der Waals surface area contributed by atoms with E-state index in [2.05, 4.69) is 27.7 Å². The summed E-state index contributed by atoms with van der Waals surface area (Å²) in [6.07, 6.45) is 0.960. The Bertz CT molecular complexity index is 208. The maximum Gasteiger partial charge on any atom is 0.308 e. The van der Waals surface area contributed by atoms with Crippen molar-refractivity contribution in [2.45, 2.75) is 34.1 Å². The van der Waals surface area contributed by atoms with Gasteiger partial charge in [0.05, 0.1) is 13.0 Å². The molecule has 1 fully saturated rings. The molecule has 0 amide bonds. The summed E-state index contributed by atoms with van der Waals surface area (Å²) in [7, 11) is 1.48. The fourth-order valence-electron chi connectivity index (χ4n) is 2.45. The molecule has 0 N–H and O–H groups in total. The molecule has 3 unspecified atom stereocenters. The van der Waals surface area contributed by atoms with Crippen LogP contribution in [0.1, 0.15) is 34.1 Å². The summed E-state index contributed by atoms with van der Waals surface area (Å²) >= 11 is 0. The highest BCUT2D eigenvalue weighted by molar-refractivity contribution is 5.73. The molecule has 0 spiro atoms. The van der Waals surface area contributed by atoms with Gasteiger partial charge in [0.2, 0.25) is 0 Å². The van der Waals surface area contributed by atoms with Crippen LogP contribution in [0.2, 0.25) is 0 Å². The highest BCUT2D eigenvalue weighted by Gasteiger charge is 2.46. The number of methoxy groups -OCH3 is 1. The Morgan fingerprint density at radius 1 is 1.38 bits per heavy atom. The standard InChI is InChI=1S/C11H20O2/c1-7-8(2)11(3,4)6-9(7)10(12)13-5/h7-9H,6H2,1-5H3. The van der Waals surface area contributed by atoms with E-state index in [0.717, 1.165) is 6.42 Å². The third kappa shape index (κ3) is 1.72. The second-order valence-corrected chi connectivity index (χ2v) is 4.97. The Morgan fingerprint density at radius 3 is 2.23 bits per heavy atom. The first-order valence-corrected chi connectivity index (χ1v) is 4.98. The SMILES string of the molecule is COC(=O)C1CC(C)(C)C(C)C1C. The minimum absolute atomic E-state index is 0.0371. The van der Waals surface area contributed by atoms with Crippen LogP contribution in [-0.2, 0) is 9.53 Å². The van der Waals surface area contributed by atoms with Crippen LogP contribution >= 0.6 is 0 Å². The van der Waals surface area contributed by atoms with E-state index in [-0.39, 0.29) is 17.3 Å². The van der Waals surface area contributed by atoms with Gasteiger partial charge in [0.15, 0.2) is 0 Å². The van der Waals surface area contributed by atoms with E-state index in [0.29, 0.717) is 11.8 Å². The molecule has 0 aromatic rings. The van der Waals surface area contributed by atoms with Gasteiger partial charge in [-0.05, 0) is 23.7 Å². The molecule has 3 atom stereocenters. The number of hydrogen-bond donors (Lipinski definition) is 0. The van der Waals surface area contributed by atoms with Gasteiger partial charge in [-0.2, -0.15) is 0 Å². The average Bonchev–Trinajstić information content (AvgIpc) is 2.28. The van der Waals surface area contributed by atoms with Crippen molar-refractivity contribution < 1.29 is 9.53 Å². The predicted octanol–water partition coefficient (Wildman–Crippen LogP) is 2.48. The number of ether oxygens (including phenoxy) is 1. The molecule has 0 saturated heterocycles. The zero-order valence-corrected chi connectivity index (χ0v) is 9.26. The van der Waals surface area contributed by atoms with E-state index in [1.807, 2.05) is 0 Å². The summed E-state index contributed by atoms with van der Waals surface area (Å²) in [5, 5.41) is 0. The summed E-state index contributed by atoms with van der Waals surface area (Å²) in [5.41, 5.74) is 0.276. The number of carbonyl (C=O) groups is 1. The van der Waals surface area contributed by atoms with Crippen LogP contribution in [0.4, 0.5) is 0 Å². The molecule has 1 aliphatic rings. The van der Waals surface area contributed by atoms with Crippen molar-refractivity contribution in [3.63, 3.8) is 0 Å². The van der Waals surface area contributed by atoms with E-state index in [1.165, 1.54) is 7.11 Å². The predicted molar refractivity (Wildman–Crippen MR) is 52.2 cm³/mol. The molecule has 1 rings (SSSR count). The zero-order chi connectivity index (χ0) is 10.2. The van der Waals surface area contributed by atoms with Crippen molar-refractivity contribution in [1.29, 1.82) is 0 Å². The topological polar surface area (TPSA) is 26.3 Å². The van der Waals surface area contributed by atoms with E-state index in [4.69, 9.17) is 4.74 Å². The van der Waals surface area contributed by atoms with Crippen LogP contribution in [0.25, 0.3) is 0 Å². The van der Waals surface area contributed by atoms with E-state index in [9.17, 15) is 4.79 Å². The molecular weight excluding hydrogens is 164 g/mol. The van der Waals surface area contributed by atoms with Crippen LogP contribution in [0.5, 0.6) is 0 Å². The second-order valence-electron chi connectivity index (χ2n) is 4.97. The number of carbonyl (C=O) groups excluding carboxylic acids is 1. The largest absolute Gasteiger partial charge is 0.469 e. The van der Waals surface area contributed by atoms with Gasteiger partial charge in [-0.25, -0.2) is 0 Å². The van der Waals surface area contributed by atoms with Gasteiger partial charge in [0.1, 0.15) is 0 Å². The lowest BCUT2D eigenvalue weighted by Crippen LogP contribution is -2.20. The molecule has 2 heteroatoms. The maximum absolute atomic E-state index is 11.4. The third-order valence-corrected chi connectivity index (χ3v) is 3.91. The normalized spacial score (nSPS) is 37.5. The molecule has 2 nitrogen and oxygen atoms in total. The lowest BCUT2D eigenvalue weighted by atomic mass is 9.81. The van der Waals surface area contributed by atoms with E-state index in [1.54, 1.807) is 0 Å². The molecule has 76 valence electrons. The van der Waals surface area contributed by atoms with E-state index < -0.39 is 0 Å². The molecule has 0 heterocycles. The van der Waals surface area contributed by atoms with Crippen molar-refractivity contribution in [3.8, 4) is 0 Å². The van der Waals surface area contributed by atoms with Crippen molar-refractivity contribution in [2.24, 2.45) is 23.2 Å². The lowest BCUT2D eigenvalue weighted by Gasteiger charge is -2.24. The third-order valence-electron chi connectivity index (χ3n) is 3.91. The van der Waals surface area contributed by atoms with Crippen molar-refractivity contribution in [3.05, 3.63) is 0 Å². The minimum Gasteiger partial charge on any atom is -0.469 e. The first kappa shape index (κ1) is 10.6.